The molecule has 0 spiro atoms. The first-order valence-corrected chi connectivity index (χ1v) is 7.08. The van der Waals surface area contributed by atoms with Gasteiger partial charge in [0.1, 0.15) is 11.6 Å². The van der Waals surface area contributed by atoms with Crippen LogP contribution in [0.5, 0.6) is 0 Å². The molecule has 6 heteroatoms. The van der Waals surface area contributed by atoms with Crippen molar-refractivity contribution in [1.29, 1.82) is 0 Å². The van der Waals surface area contributed by atoms with Crippen LogP contribution in [0.1, 0.15) is 44.8 Å². The van der Waals surface area contributed by atoms with Crippen molar-refractivity contribution in [3.8, 4) is 0 Å². The van der Waals surface area contributed by atoms with E-state index >= 15 is 0 Å². The first-order valence-electron chi connectivity index (χ1n) is 7.08. The molecule has 1 aromatic heterocycles. The first-order chi connectivity index (χ1) is 9.16. The molecule has 0 saturated carbocycles. The van der Waals surface area contributed by atoms with Crippen LogP contribution in [0, 0.1) is 0 Å². The Morgan fingerprint density at radius 2 is 2.21 bits per heavy atom. The van der Waals surface area contributed by atoms with Gasteiger partial charge in [-0.3, -0.25) is 4.79 Å². The maximum Gasteiger partial charge on any atom is 0.221 e. The molecule has 1 aromatic rings. The van der Waals surface area contributed by atoms with Crippen molar-refractivity contribution >= 4 is 5.91 Å². The predicted molar refractivity (Wildman–Crippen MR) is 72.6 cm³/mol. The van der Waals surface area contributed by atoms with Gasteiger partial charge in [-0.2, -0.15) is 0 Å². The molecule has 0 aromatic carbocycles. The molecule has 19 heavy (non-hydrogen) atoms. The Hall–Kier alpha value is -1.43. The van der Waals surface area contributed by atoms with Gasteiger partial charge in [0.05, 0.1) is 6.54 Å². The molecule has 6 nitrogen and oxygen atoms in total. The number of nitrogens with one attached hydrogen (secondary N) is 2. The third-order valence-electron chi connectivity index (χ3n) is 3.20. The van der Waals surface area contributed by atoms with Crippen LogP contribution < -0.4 is 10.6 Å². The maximum absolute atomic E-state index is 11.5. The number of carbonyl (C=O) groups is 1. The van der Waals surface area contributed by atoms with E-state index in [4.69, 9.17) is 0 Å². The molecular weight excluding hydrogens is 242 g/mol. The van der Waals surface area contributed by atoms with Crippen molar-refractivity contribution < 1.29 is 4.79 Å². The Morgan fingerprint density at radius 3 is 3.00 bits per heavy atom. The van der Waals surface area contributed by atoms with Crippen LogP contribution in [-0.2, 0) is 24.3 Å². The van der Waals surface area contributed by atoms with Crippen LogP contribution >= 0.6 is 0 Å². The van der Waals surface area contributed by atoms with Crippen molar-refractivity contribution in [3.63, 3.8) is 0 Å². The summed E-state index contributed by atoms with van der Waals surface area (Å²) in [4.78, 5) is 11.5. The van der Waals surface area contributed by atoms with Crippen molar-refractivity contribution in [2.75, 3.05) is 6.54 Å². The number of aromatic nitrogens is 3. The van der Waals surface area contributed by atoms with E-state index in [0.717, 1.165) is 24.6 Å². The van der Waals surface area contributed by atoms with Gasteiger partial charge in [0, 0.05) is 32.0 Å². The van der Waals surface area contributed by atoms with Gasteiger partial charge in [-0.25, -0.2) is 0 Å². The predicted octanol–water partition coefficient (Wildman–Crippen LogP) is 0.619. The van der Waals surface area contributed by atoms with Gasteiger partial charge in [0.15, 0.2) is 0 Å². The van der Waals surface area contributed by atoms with Gasteiger partial charge >= 0.3 is 0 Å². The molecule has 0 saturated heterocycles. The van der Waals surface area contributed by atoms with Gasteiger partial charge in [0.25, 0.3) is 0 Å². The van der Waals surface area contributed by atoms with Crippen LogP contribution in [-0.4, -0.2) is 33.3 Å². The van der Waals surface area contributed by atoms with Crippen molar-refractivity contribution in [2.24, 2.45) is 0 Å². The monoisotopic (exact) mass is 265 g/mol. The lowest BCUT2D eigenvalue weighted by Gasteiger charge is -2.15. The minimum Gasteiger partial charge on any atom is -0.354 e. The topological polar surface area (TPSA) is 71.8 Å². The standard InChI is InChI=1S/C13H23N5O/c1-10(2)15-13(19)6-7-14-9-12-17-16-11-5-3-4-8-18(11)12/h10,14H,3-9H2,1-2H3,(H,15,19). The summed E-state index contributed by atoms with van der Waals surface area (Å²) < 4.78 is 2.20. The van der Waals surface area contributed by atoms with Gasteiger partial charge in [0.2, 0.25) is 5.91 Å². The number of aryl methyl sites for hydroxylation is 1. The van der Waals surface area contributed by atoms with E-state index in [9.17, 15) is 4.79 Å². The Labute approximate surface area is 114 Å². The fraction of sp³-hybridized carbons (Fsp3) is 0.769. The number of rotatable bonds is 6. The molecule has 1 aliphatic rings. The molecular formula is C13H23N5O. The summed E-state index contributed by atoms with van der Waals surface area (Å²) in [5.74, 6) is 2.17. The molecule has 2 heterocycles. The Morgan fingerprint density at radius 1 is 1.37 bits per heavy atom. The van der Waals surface area contributed by atoms with Gasteiger partial charge in [-0.05, 0) is 26.7 Å². The van der Waals surface area contributed by atoms with E-state index in [-0.39, 0.29) is 11.9 Å². The molecule has 0 radical (unpaired) electrons. The first kappa shape index (κ1) is 14.0. The van der Waals surface area contributed by atoms with Crippen LogP contribution in [0.15, 0.2) is 0 Å². The average Bonchev–Trinajstić information content (AvgIpc) is 2.77. The Kier molecular flexibility index (Phi) is 4.90. The quantitative estimate of drug-likeness (QED) is 0.740. The van der Waals surface area contributed by atoms with Crippen molar-refractivity contribution in [1.82, 2.24) is 25.4 Å². The van der Waals surface area contributed by atoms with E-state index in [0.29, 0.717) is 19.5 Å². The maximum atomic E-state index is 11.5. The van der Waals surface area contributed by atoms with Gasteiger partial charge in [-0.15, -0.1) is 10.2 Å². The molecule has 0 atom stereocenters. The molecule has 1 aliphatic heterocycles. The Balaban J connectivity index is 1.71. The summed E-state index contributed by atoms with van der Waals surface area (Å²) in [5, 5.41) is 14.5. The highest BCUT2D eigenvalue weighted by atomic mass is 16.1. The van der Waals surface area contributed by atoms with E-state index < -0.39 is 0 Å². The molecule has 1 amide bonds. The number of carbonyl (C=O) groups excluding carboxylic acids is 1. The largest absolute Gasteiger partial charge is 0.354 e. The number of nitrogens with zero attached hydrogens (tertiary/aromatic N) is 3. The second-order valence-electron chi connectivity index (χ2n) is 5.29. The number of fused-ring (bicyclic) bond motifs is 1. The van der Waals surface area contributed by atoms with E-state index in [2.05, 4.69) is 25.4 Å². The zero-order valence-corrected chi connectivity index (χ0v) is 11.8. The van der Waals surface area contributed by atoms with Gasteiger partial charge in [-0.1, -0.05) is 0 Å². The lowest BCUT2D eigenvalue weighted by atomic mass is 10.2. The lowest BCUT2D eigenvalue weighted by molar-refractivity contribution is -0.121. The molecule has 0 aliphatic carbocycles. The summed E-state index contributed by atoms with van der Waals surface area (Å²) >= 11 is 0. The van der Waals surface area contributed by atoms with Crippen LogP contribution in [0.25, 0.3) is 0 Å². The average molecular weight is 265 g/mol. The van der Waals surface area contributed by atoms with Crippen LogP contribution in [0.3, 0.4) is 0 Å². The van der Waals surface area contributed by atoms with Crippen LogP contribution in [0.4, 0.5) is 0 Å². The van der Waals surface area contributed by atoms with Crippen LogP contribution in [0.2, 0.25) is 0 Å². The molecule has 0 unspecified atom stereocenters. The number of hydrogen-bond donors (Lipinski definition) is 2. The van der Waals surface area contributed by atoms with Crippen molar-refractivity contribution in [2.45, 2.75) is 58.7 Å². The summed E-state index contributed by atoms with van der Waals surface area (Å²) in [6.45, 7) is 6.30. The summed E-state index contributed by atoms with van der Waals surface area (Å²) in [6, 6.07) is 0.205. The summed E-state index contributed by atoms with van der Waals surface area (Å²) in [7, 11) is 0. The Bertz CT molecular complexity index is 427. The normalized spacial score (nSPS) is 14.5. The number of hydrogen-bond acceptors (Lipinski definition) is 4. The minimum atomic E-state index is 0.0887. The molecule has 106 valence electrons. The fourth-order valence-corrected chi connectivity index (χ4v) is 2.30. The summed E-state index contributed by atoms with van der Waals surface area (Å²) in [6.07, 6.45) is 3.94. The SMILES string of the molecule is CC(C)NC(=O)CCNCc1nnc2n1CCCC2. The molecule has 0 bridgehead atoms. The zero-order chi connectivity index (χ0) is 13.7. The highest BCUT2D eigenvalue weighted by Crippen LogP contribution is 2.13. The molecule has 2 rings (SSSR count). The second kappa shape index (κ2) is 6.65. The zero-order valence-electron chi connectivity index (χ0n) is 11.8. The highest BCUT2D eigenvalue weighted by Gasteiger charge is 2.15. The number of amides is 1. The summed E-state index contributed by atoms with van der Waals surface area (Å²) in [5.41, 5.74) is 0. The third-order valence-corrected chi connectivity index (χ3v) is 3.20. The van der Waals surface area contributed by atoms with E-state index in [1.165, 1.54) is 12.8 Å². The van der Waals surface area contributed by atoms with Gasteiger partial charge < -0.3 is 15.2 Å². The fourth-order valence-electron chi connectivity index (χ4n) is 2.30. The molecule has 2 N–H and O–H groups in total. The van der Waals surface area contributed by atoms with E-state index in [1.54, 1.807) is 0 Å². The smallest absolute Gasteiger partial charge is 0.221 e. The third kappa shape index (κ3) is 4.02. The van der Waals surface area contributed by atoms with E-state index in [1.807, 2.05) is 13.8 Å². The van der Waals surface area contributed by atoms with Crippen molar-refractivity contribution in [3.05, 3.63) is 11.6 Å². The molecule has 0 fully saturated rings. The second-order valence-corrected chi connectivity index (χ2v) is 5.29. The lowest BCUT2D eigenvalue weighted by Crippen LogP contribution is -2.32. The highest BCUT2D eigenvalue weighted by molar-refractivity contribution is 5.76. The minimum absolute atomic E-state index is 0.0887.